The van der Waals surface area contributed by atoms with Gasteiger partial charge in [-0.25, -0.2) is 22.0 Å². The summed E-state index contributed by atoms with van der Waals surface area (Å²) in [6, 6.07) is 9.02. The van der Waals surface area contributed by atoms with E-state index in [1.165, 1.54) is 12.1 Å². The molecule has 2 rings (SSSR count). The van der Waals surface area contributed by atoms with Crippen molar-refractivity contribution in [2.75, 3.05) is 6.93 Å². The predicted molar refractivity (Wildman–Crippen MR) is 110 cm³/mol. The molecule has 0 saturated heterocycles. The first-order valence-electron chi connectivity index (χ1n) is 8.63. The summed E-state index contributed by atoms with van der Waals surface area (Å²) in [5.41, 5.74) is 2.78. The van der Waals surface area contributed by atoms with Crippen LogP contribution in [0, 0.1) is 5.82 Å². The molecule has 0 radical (unpaired) electrons. The molecule has 0 nitrogen and oxygen atoms in total. The largest absolute Gasteiger partial charge is 0.270 e. The summed E-state index contributed by atoms with van der Waals surface area (Å²) in [5, 5.41) is 0. The van der Waals surface area contributed by atoms with Crippen LogP contribution in [0.4, 0.5) is 22.0 Å². The second-order valence-electron chi connectivity index (χ2n) is 5.39. The first-order valence-corrected chi connectivity index (χ1v) is 8.63. The summed E-state index contributed by atoms with van der Waals surface area (Å²) in [6.45, 7) is 10.5. The van der Waals surface area contributed by atoms with Crippen molar-refractivity contribution in [3.05, 3.63) is 83.2 Å². The number of benzene rings is 2. The maximum Gasteiger partial charge on any atom is 0.270 e. The van der Waals surface area contributed by atoms with Gasteiger partial charge in [0.25, 0.3) is 5.92 Å². The number of hydrogen-bond acceptors (Lipinski definition) is 0. The molecule has 0 unspecified atom stereocenters. The van der Waals surface area contributed by atoms with E-state index in [2.05, 4.69) is 13.2 Å². The minimum absolute atomic E-state index is 0.342. The fraction of sp³-hybridized carbons (Fsp3) is 0.217. The van der Waals surface area contributed by atoms with Crippen LogP contribution in [0.15, 0.2) is 49.6 Å². The van der Waals surface area contributed by atoms with E-state index in [1.54, 1.807) is 24.3 Å². The van der Waals surface area contributed by atoms with Crippen molar-refractivity contribution >= 4 is 24.3 Å². The smallest absolute Gasteiger partial charge is 0.214 e. The molecule has 0 atom stereocenters. The lowest BCUT2D eigenvalue weighted by molar-refractivity contribution is 0.0171. The van der Waals surface area contributed by atoms with Gasteiger partial charge >= 0.3 is 0 Å². The van der Waals surface area contributed by atoms with Gasteiger partial charge in [0.15, 0.2) is 0 Å². The average Bonchev–Trinajstić information content (AvgIpc) is 2.67. The van der Waals surface area contributed by atoms with Gasteiger partial charge in [0.2, 0.25) is 6.93 Å². The van der Waals surface area contributed by atoms with Gasteiger partial charge in [-0.3, -0.25) is 0 Å². The zero-order chi connectivity index (χ0) is 21.7. The summed E-state index contributed by atoms with van der Waals surface area (Å²) in [5.74, 6) is -3.76. The lowest BCUT2D eigenvalue weighted by Crippen LogP contribution is -2.07. The number of rotatable bonds is 5. The average molecular weight is 396 g/mol. The third kappa shape index (κ3) is 8.33. The Morgan fingerprint density at radius 1 is 0.857 bits per heavy atom. The molecule has 0 aliphatic carbocycles. The second-order valence-corrected chi connectivity index (χ2v) is 5.39. The van der Waals surface area contributed by atoms with Gasteiger partial charge in [-0.15, -0.1) is 0 Å². The fourth-order valence-electron chi connectivity index (χ4n) is 2.21. The Bertz CT molecular complexity index is 786. The van der Waals surface area contributed by atoms with Crippen LogP contribution >= 0.6 is 0 Å². The Balaban J connectivity index is 0.00000133. The lowest BCUT2D eigenvalue weighted by atomic mass is 10.0. The molecule has 2 aromatic rings. The van der Waals surface area contributed by atoms with E-state index >= 15 is 0 Å². The molecule has 0 fully saturated rings. The van der Waals surface area contributed by atoms with Crippen molar-refractivity contribution in [3.8, 4) is 0 Å². The number of halogens is 5. The first-order chi connectivity index (χ1) is 13.2. The van der Waals surface area contributed by atoms with E-state index in [0.717, 1.165) is 29.7 Å². The third-order valence-electron chi connectivity index (χ3n) is 3.45. The van der Waals surface area contributed by atoms with E-state index < -0.39 is 18.7 Å². The normalized spacial score (nSPS) is 10.4. The molecule has 0 spiro atoms. The highest BCUT2D eigenvalue weighted by molar-refractivity contribution is 5.73. The highest BCUT2D eigenvalue weighted by Crippen LogP contribution is 2.29. The van der Waals surface area contributed by atoms with Crippen LogP contribution in [0.25, 0.3) is 24.3 Å². The van der Waals surface area contributed by atoms with Crippen molar-refractivity contribution < 1.29 is 22.0 Å². The maximum atomic E-state index is 13.5. The van der Waals surface area contributed by atoms with Crippen LogP contribution in [-0.4, -0.2) is 6.93 Å². The summed E-state index contributed by atoms with van der Waals surface area (Å²) < 4.78 is 59.5. The Labute approximate surface area is 163 Å². The minimum atomic E-state index is -3.08. The van der Waals surface area contributed by atoms with Gasteiger partial charge in [0.1, 0.15) is 5.82 Å². The Morgan fingerprint density at radius 2 is 1.39 bits per heavy atom. The molecule has 2 aromatic carbocycles. The maximum absolute atomic E-state index is 13.5. The van der Waals surface area contributed by atoms with Gasteiger partial charge in [-0.2, -0.15) is 0 Å². The SMILES string of the molecule is C=Cc1ccc(/C=C/c2cc(F)cc(C(C)(F)F)c2)cc1C=C.CC.FCF. The van der Waals surface area contributed by atoms with Crippen molar-refractivity contribution in [2.24, 2.45) is 0 Å². The zero-order valence-electron chi connectivity index (χ0n) is 16.3. The van der Waals surface area contributed by atoms with E-state index in [9.17, 15) is 22.0 Å². The van der Waals surface area contributed by atoms with Gasteiger partial charge in [-0.1, -0.05) is 63.4 Å². The van der Waals surface area contributed by atoms with E-state index in [-0.39, 0.29) is 5.56 Å². The molecule has 0 heterocycles. The second kappa shape index (κ2) is 12.7. The third-order valence-corrected chi connectivity index (χ3v) is 3.45. The van der Waals surface area contributed by atoms with E-state index in [1.807, 2.05) is 32.0 Å². The molecule has 0 bridgehead atoms. The van der Waals surface area contributed by atoms with Crippen molar-refractivity contribution in [2.45, 2.75) is 26.7 Å². The summed E-state index contributed by atoms with van der Waals surface area (Å²) in [7, 11) is 0. The molecule has 152 valence electrons. The molecule has 28 heavy (non-hydrogen) atoms. The quantitative estimate of drug-likeness (QED) is 0.352. The highest BCUT2D eigenvalue weighted by atomic mass is 19.3. The van der Waals surface area contributed by atoms with Crippen LogP contribution in [-0.2, 0) is 5.92 Å². The van der Waals surface area contributed by atoms with Gasteiger partial charge in [0, 0.05) is 12.5 Å². The van der Waals surface area contributed by atoms with E-state index in [4.69, 9.17) is 0 Å². The van der Waals surface area contributed by atoms with E-state index in [0.29, 0.717) is 5.56 Å². The van der Waals surface area contributed by atoms with Crippen molar-refractivity contribution in [3.63, 3.8) is 0 Å². The van der Waals surface area contributed by atoms with Crippen LogP contribution < -0.4 is 0 Å². The zero-order valence-corrected chi connectivity index (χ0v) is 16.3. The standard InChI is InChI=1S/C20H17F3.C2H6.CH2F2/c1-4-16-9-8-14(10-17(16)5-2)6-7-15-11-18(20(3,22)23)13-19(21)12-15;1-2;2-1-3/h4-13H,1-2H2,3H3;1-2H3;1H2/b7-6+;;. The molecule has 0 saturated carbocycles. The summed E-state index contributed by atoms with van der Waals surface area (Å²) >= 11 is 0. The molecule has 0 aliphatic rings. The number of alkyl halides is 4. The van der Waals surface area contributed by atoms with Gasteiger partial charge in [-0.05, 0) is 46.5 Å². The predicted octanol–water partition coefficient (Wildman–Crippen LogP) is 8.30. The molecule has 0 amide bonds. The molecule has 0 aromatic heterocycles. The fourth-order valence-corrected chi connectivity index (χ4v) is 2.21. The van der Waals surface area contributed by atoms with Crippen LogP contribution in [0.5, 0.6) is 0 Å². The minimum Gasteiger partial charge on any atom is -0.214 e. The lowest BCUT2D eigenvalue weighted by Gasteiger charge is -2.11. The highest BCUT2D eigenvalue weighted by Gasteiger charge is 2.25. The Kier molecular flexibility index (Phi) is 11.4. The molecule has 5 heteroatoms. The monoisotopic (exact) mass is 396 g/mol. The van der Waals surface area contributed by atoms with Crippen molar-refractivity contribution in [1.29, 1.82) is 0 Å². The Morgan fingerprint density at radius 3 is 1.89 bits per heavy atom. The molecule has 0 aliphatic heterocycles. The van der Waals surface area contributed by atoms with Gasteiger partial charge < -0.3 is 0 Å². The topological polar surface area (TPSA) is 0 Å². The summed E-state index contributed by atoms with van der Waals surface area (Å²) in [4.78, 5) is 0. The van der Waals surface area contributed by atoms with Crippen LogP contribution in [0.2, 0.25) is 0 Å². The van der Waals surface area contributed by atoms with Gasteiger partial charge in [0.05, 0.1) is 0 Å². The first kappa shape index (κ1) is 25.3. The molecule has 0 N–H and O–H groups in total. The van der Waals surface area contributed by atoms with Crippen LogP contribution in [0.1, 0.15) is 48.6 Å². The Hall–Kier alpha value is -2.69. The molecular weight excluding hydrogens is 371 g/mol. The van der Waals surface area contributed by atoms with Crippen LogP contribution in [0.3, 0.4) is 0 Å². The molecular formula is C23H25F5. The number of hydrogen-bond donors (Lipinski definition) is 0. The van der Waals surface area contributed by atoms with Crippen molar-refractivity contribution in [1.82, 2.24) is 0 Å². The summed E-state index contributed by atoms with van der Waals surface area (Å²) in [6.07, 6.45) is 6.79.